The van der Waals surface area contributed by atoms with Gasteiger partial charge in [-0.15, -0.1) is 0 Å². The summed E-state index contributed by atoms with van der Waals surface area (Å²) in [5.41, 5.74) is 1.24. The van der Waals surface area contributed by atoms with Crippen molar-refractivity contribution in [2.45, 2.75) is 58.4 Å². The first kappa shape index (κ1) is 15.1. The van der Waals surface area contributed by atoms with Gasteiger partial charge in [0.25, 0.3) is 0 Å². The smallest absolute Gasteiger partial charge is 0.222 e. The molecule has 0 radical (unpaired) electrons. The van der Waals surface area contributed by atoms with Gasteiger partial charge in [-0.05, 0) is 31.2 Å². The molecule has 0 spiro atoms. The van der Waals surface area contributed by atoms with Crippen molar-refractivity contribution in [1.82, 2.24) is 4.90 Å². The lowest BCUT2D eigenvalue weighted by molar-refractivity contribution is -0.134. The fourth-order valence-electron chi connectivity index (χ4n) is 3.24. The lowest BCUT2D eigenvalue weighted by atomic mass is 9.88. The molecule has 1 aliphatic carbocycles. The Hall–Kier alpha value is -1.31. The van der Waals surface area contributed by atoms with Crippen LogP contribution in [0.15, 0.2) is 30.3 Å². The number of carbonyl (C=O) groups is 1. The third-order valence-corrected chi connectivity index (χ3v) is 4.55. The monoisotopic (exact) mass is 273 g/mol. The van der Waals surface area contributed by atoms with Gasteiger partial charge in [0.15, 0.2) is 0 Å². The number of rotatable bonds is 5. The predicted molar refractivity (Wildman–Crippen MR) is 83.4 cm³/mol. The molecule has 1 unspecified atom stereocenters. The third kappa shape index (κ3) is 3.84. The maximum Gasteiger partial charge on any atom is 0.222 e. The Morgan fingerprint density at radius 2 is 1.85 bits per heavy atom. The highest BCUT2D eigenvalue weighted by Gasteiger charge is 2.24. The first-order valence-corrected chi connectivity index (χ1v) is 8.06. The van der Waals surface area contributed by atoms with E-state index in [4.69, 9.17) is 0 Å². The quantitative estimate of drug-likeness (QED) is 0.769. The molecule has 1 amide bonds. The average molecular weight is 273 g/mol. The summed E-state index contributed by atoms with van der Waals surface area (Å²) in [6.07, 6.45) is 7.21. The minimum absolute atomic E-state index is 0.186. The van der Waals surface area contributed by atoms with Crippen LogP contribution in [0.25, 0.3) is 0 Å². The zero-order valence-corrected chi connectivity index (χ0v) is 12.8. The molecule has 0 aromatic heterocycles. The van der Waals surface area contributed by atoms with Gasteiger partial charge in [-0.3, -0.25) is 4.79 Å². The molecule has 0 saturated heterocycles. The Labute approximate surface area is 123 Å². The molecule has 2 heteroatoms. The van der Waals surface area contributed by atoms with E-state index >= 15 is 0 Å². The van der Waals surface area contributed by atoms with Gasteiger partial charge in [-0.25, -0.2) is 0 Å². The molecule has 1 aromatic carbocycles. The summed E-state index contributed by atoms with van der Waals surface area (Å²) in [6, 6.07) is 10.6. The van der Waals surface area contributed by atoms with Gasteiger partial charge in [0.05, 0.1) is 6.04 Å². The van der Waals surface area contributed by atoms with Crippen LogP contribution in [0.5, 0.6) is 0 Å². The maximum absolute atomic E-state index is 12.3. The Morgan fingerprint density at radius 1 is 1.20 bits per heavy atom. The van der Waals surface area contributed by atoms with Crippen molar-refractivity contribution < 1.29 is 4.79 Å². The summed E-state index contributed by atoms with van der Waals surface area (Å²) in [6.45, 7) is 5.06. The number of amides is 1. The Morgan fingerprint density at radius 3 is 2.45 bits per heavy atom. The van der Waals surface area contributed by atoms with E-state index in [1.54, 1.807) is 0 Å². The van der Waals surface area contributed by atoms with E-state index in [1.165, 1.54) is 37.7 Å². The summed E-state index contributed by atoms with van der Waals surface area (Å²) in [7, 11) is 0. The van der Waals surface area contributed by atoms with Crippen LogP contribution in [0.2, 0.25) is 0 Å². The zero-order chi connectivity index (χ0) is 14.4. The van der Waals surface area contributed by atoms with Crippen molar-refractivity contribution in [3.05, 3.63) is 35.9 Å². The summed E-state index contributed by atoms with van der Waals surface area (Å²) in [4.78, 5) is 14.4. The molecule has 1 atom stereocenters. The molecule has 1 aromatic rings. The molecule has 1 aliphatic rings. The van der Waals surface area contributed by atoms with Gasteiger partial charge in [0, 0.05) is 13.0 Å². The molecule has 1 saturated carbocycles. The Kier molecular flexibility index (Phi) is 5.63. The minimum atomic E-state index is 0.186. The molecule has 1 fully saturated rings. The molecular weight excluding hydrogens is 246 g/mol. The van der Waals surface area contributed by atoms with Gasteiger partial charge < -0.3 is 4.90 Å². The van der Waals surface area contributed by atoms with Gasteiger partial charge in [0.2, 0.25) is 5.91 Å². The van der Waals surface area contributed by atoms with Crippen LogP contribution in [0, 0.1) is 5.92 Å². The largest absolute Gasteiger partial charge is 0.336 e. The fraction of sp³-hybridized carbons (Fsp3) is 0.611. The molecule has 0 aliphatic heterocycles. The fourth-order valence-corrected chi connectivity index (χ4v) is 3.24. The summed E-state index contributed by atoms with van der Waals surface area (Å²) in [5, 5.41) is 0. The van der Waals surface area contributed by atoms with Gasteiger partial charge in [-0.1, -0.05) is 56.5 Å². The number of carbonyl (C=O) groups excluding carboxylic acids is 1. The maximum atomic E-state index is 12.3. The highest BCUT2D eigenvalue weighted by atomic mass is 16.2. The molecule has 0 heterocycles. The van der Waals surface area contributed by atoms with Crippen molar-refractivity contribution in [2.24, 2.45) is 5.92 Å². The average Bonchev–Trinajstić information content (AvgIpc) is 2.53. The normalized spacial score (nSPS) is 17.7. The first-order valence-electron chi connectivity index (χ1n) is 8.06. The van der Waals surface area contributed by atoms with Crippen LogP contribution in [0.3, 0.4) is 0 Å². The van der Waals surface area contributed by atoms with Crippen LogP contribution >= 0.6 is 0 Å². The number of hydrogen-bond acceptors (Lipinski definition) is 1. The van der Waals surface area contributed by atoms with Crippen LogP contribution in [0.4, 0.5) is 0 Å². The van der Waals surface area contributed by atoms with Gasteiger partial charge >= 0.3 is 0 Å². The molecule has 110 valence electrons. The minimum Gasteiger partial charge on any atom is -0.336 e. The van der Waals surface area contributed by atoms with E-state index in [-0.39, 0.29) is 11.9 Å². The second kappa shape index (κ2) is 7.47. The lowest BCUT2D eigenvalue weighted by Gasteiger charge is -2.34. The Balaban J connectivity index is 2.08. The highest BCUT2D eigenvalue weighted by Crippen LogP contribution is 2.28. The van der Waals surface area contributed by atoms with Gasteiger partial charge in [0.1, 0.15) is 0 Å². The topological polar surface area (TPSA) is 20.3 Å². The number of hydrogen-bond donors (Lipinski definition) is 0. The molecule has 0 N–H and O–H groups in total. The van der Waals surface area contributed by atoms with Crippen LogP contribution < -0.4 is 0 Å². The zero-order valence-electron chi connectivity index (χ0n) is 12.8. The van der Waals surface area contributed by atoms with Crippen LogP contribution in [-0.4, -0.2) is 17.4 Å². The predicted octanol–water partition coefficient (Wildman–Crippen LogP) is 4.57. The summed E-state index contributed by atoms with van der Waals surface area (Å²) < 4.78 is 0. The van der Waals surface area contributed by atoms with Gasteiger partial charge in [-0.2, -0.15) is 0 Å². The van der Waals surface area contributed by atoms with Crippen molar-refractivity contribution in [2.75, 3.05) is 6.54 Å². The molecular formula is C18H27NO. The highest BCUT2D eigenvalue weighted by molar-refractivity contribution is 5.76. The SMILES string of the molecule is CCC(=O)N(CC1CCCCC1)C(C)c1ccccc1. The molecule has 20 heavy (non-hydrogen) atoms. The lowest BCUT2D eigenvalue weighted by Crippen LogP contribution is -2.37. The van der Waals surface area contributed by atoms with Crippen molar-refractivity contribution in [3.8, 4) is 0 Å². The van der Waals surface area contributed by atoms with Crippen molar-refractivity contribution >= 4 is 5.91 Å². The van der Waals surface area contributed by atoms with Crippen LogP contribution in [0.1, 0.15) is 64.0 Å². The first-order chi connectivity index (χ1) is 9.72. The van der Waals surface area contributed by atoms with E-state index in [1.807, 2.05) is 13.0 Å². The van der Waals surface area contributed by atoms with E-state index < -0.39 is 0 Å². The molecule has 2 nitrogen and oxygen atoms in total. The number of nitrogens with zero attached hydrogens (tertiary/aromatic N) is 1. The summed E-state index contributed by atoms with van der Waals surface area (Å²) >= 11 is 0. The molecule has 2 rings (SSSR count). The number of benzene rings is 1. The van der Waals surface area contributed by atoms with Crippen LogP contribution in [-0.2, 0) is 4.79 Å². The molecule has 0 bridgehead atoms. The van der Waals surface area contributed by atoms with E-state index in [0.717, 1.165) is 6.54 Å². The van der Waals surface area contributed by atoms with Crippen molar-refractivity contribution in [3.63, 3.8) is 0 Å². The Bertz CT molecular complexity index is 409. The summed E-state index contributed by atoms with van der Waals surface area (Å²) in [5.74, 6) is 0.984. The standard InChI is InChI=1S/C18H27NO/c1-3-18(20)19(14-16-10-6-4-7-11-16)15(2)17-12-8-5-9-13-17/h5,8-9,12-13,15-16H,3-4,6-7,10-11,14H2,1-2H3. The van der Waals surface area contributed by atoms with Crippen molar-refractivity contribution in [1.29, 1.82) is 0 Å². The van der Waals surface area contributed by atoms with E-state index in [2.05, 4.69) is 36.1 Å². The second-order valence-corrected chi connectivity index (χ2v) is 5.99. The van der Waals surface area contributed by atoms with E-state index in [0.29, 0.717) is 12.3 Å². The second-order valence-electron chi connectivity index (χ2n) is 5.99. The van der Waals surface area contributed by atoms with E-state index in [9.17, 15) is 4.79 Å². The third-order valence-electron chi connectivity index (χ3n) is 4.55.